The monoisotopic (exact) mass is 429 g/mol. The lowest BCUT2D eigenvalue weighted by molar-refractivity contribution is 0.0910. The Morgan fingerprint density at radius 2 is 2.03 bits per heavy atom. The van der Waals surface area contributed by atoms with Crippen LogP contribution in [0.2, 0.25) is 0 Å². The number of hydrogen-bond acceptors (Lipinski definition) is 7. The zero-order chi connectivity index (χ0) is 22.1. The summed E-state index contributed by atoms with van der Waals surface area (Å²) in [5.74, 6) is -1.54. The van der Waals surface area contributed by atoms with Gasteiger partial charge in [-0.05, 0) is 17.7 Å². The van der Waals surface area contributed by atoms with E-state index >= 15 is 0 Å². The highest BCUT2D eigenvalue weighted by molar-refractivity contribution is 6.02. The molecule has 0 aliphatic carbocycles. The Bertz CT molecular complexity index is 1210. The number of aromatic hydroxyl groups is 1. The highest BCUT2D eigenvalue weighted by Crippen LogP contribution is 2.37. The molecule has 0 spiro atoms. The Balaban J connectivity index is 1.90. The molecule has 0 bridgehead atoms. The molecule has 1 aliphatic heterocycles. The zero-order valence-electron chi connectivity index (χ0n) is 16.3. The van der Waals surface area contributed by atoms with Gasteiger partial charge >= 0.3 is 0 Å². The first kappa shape index (κ1) is 20.8. The Kier molecular flexibility index (Phi) is 5.57. The normalized spacial score (nSPS) is 15.0. The molecule has 162 valence electrons. The van der Waals surface area contributed by atoms with Crippen molar-refractivity contribution >= 4 is 16.9 Å². The van der Waals surface area contributed by atoms with E-state index in [-0.39, 0.29) is 48.9 Å². The molecule has 1 amide bonds. The van der Waals surface area contributed by atoms with Crippen molar-refractivity contribution < 1.29 is 29.2 Å². The number of amides is 1. The van der Waals surface area contributed by atoms with Gasteiger partial charge in [0.2, 0.25) is 0 Å². The van der Waals surface area contributed by atoms with Crippen LogP contribution >= 0.6 is 0 Å². The molecule has 4 N–H and O–H groups in total. The molecule has 0 saturated carbocycles. The molecule has 1 unspecified atom stereocenters. The molecule has 9 nitrogen and oxygen atoms in total. The summed E-state index contributed by atoms with van der Waals surface area (Å²) in [4.78, 5) is 29.7. The van der Waals surface area contributed by atoms with Crippen LogP contribution in [0.25, 0.3) is 11.0 Å². The summed E-state index contributed by atoms with van der Waals surface area (Å²) in [7, 11) is 0. The van der Waals surface area contributed by atoms with Gasteiger partial charge in [-0.1, -0.05) is 12.1 Å². The Labute approximate surface area is 175 Å². The average Bonchev–Trinajstić information content (AvgIpc) is 2.77. The topological polar surface area (TPSA) is 134 Å². The average molecular weight is 429 g/mol. The summed E-state index contributed by atoms with van der Waals surface area (Å²) >= 11 is 0. The number of carbonyl (C=O) groups is 1. The van der Waals surface area contributed by atoms with Gasteiger partial charge in [0, 0.05) is 24.7 Å². The van der Waals surface area contributed by atoms with Crippen LogP contribution in [0.1, 0.15) is 21.5 Å². The number of aromatic nitrogens is 2. The van der Waals surface area contributed by atoms with E-state index in [1.54, 1.807) is 12.1 Å². The van der Waals surface area contributed by atoms with Gasteiger partial charge in [-0.2, -0.15) is 0 Å². The maximum atomic E-state index is 13.2. The summed E-state index contributed by atoms with van der Waals surface area (Å²) in [5, 5.41) is 31.6. The van der Waals surface area contributed by atoms with Gasteiger partial charge in [0.1, 0.15) is 28.5 Å². The minimum atomic E-state index is -0.840. The van der Waals surface area contributed by atoms with Crippen molar-refractivity contribution in [2.45, 2.75) is 19.1 Å². The van der Waals surface area contributed by atoms with E-state index in [1.807, 2.05) is 0 Å². The lowest BCUT2D eigenvalue weighted by atomic mass is 10.0. The van der Waals surface area contributed by atoms with Crippen LogP contribution in [0, 0.1) is 5.82 Å². The first-order valence-corrected chi connectivity index (χ1v) is 9.63. The molecule has 1 aromatic carbocycles. The van der Waals surface area contributed by atoms with Crippen LogP contribution in [-0.4, -0.2) is 56.6 Å². The fourth-order valence-electron chi connectivity index (χ4n) is 3.62. The second-order valence-corrected chi connectivity index (χ2v) is 7.15. The van der Waals surface area contributed by atoms with E-state index < -0.39 is 28.9 Å². The highest BCUT2D eigenvalue weighted by atomic mass is 19.1. The van der Waals surface area contributed by atoms with Crippen molar-refractivity contribution in [3.63, 3.8) is 0 Å². The number of nitrogens with zero attached hydrogens (tertiary/aromatic N) is 2. The van der Waals surface area contributed by atoms with Gasteiger partial charge in [0.05, 0.1) is 19.8 Å². The van der Waals surface area contributed by atoms with Crippen molar-refractivity contribution in [2.75, 3.05) is 19.8 Å². The summed E-state index contributed by atoms with van der Waals surface area (Å²) in [5.41, 5.74) is 0.302. The molecule has 0 radical (unpaired) electrons. The summed E-state index contributed by atoms with van der Waals surface area (Å²) in [6.45, 7) is -0.836. The fourth-order valence-corrected chi connectivity index (χ4v) is 3.62. The molecule has 0 fully saturated rings. The van der Waals surface area contributed by atoms with Gasteiger partial charge in [-0.15, -0.1) is 0 Å². The maximum Gasteiger partial charge on any atom is 0.268 e. The number of rotatable bonds is 6. The second-order valence-electron chi connectivity index (χ2n) is 7.15. The van der Waals surface area contributed by atoms with E-state index in [4.69, 9.17) is 9.84 Å². The third kappa shape index (κ3) is 3.71. The van der Waals surface area contributed by atoms with Crippen LogP contribution < -0.4 is 15.6 Å². The minimum Gasteiger partial charge on any atom is -0.505 e. The van der Waals surface area contributed by atoms with E-state index in [2.05, 4.69) is 10.3 Å². The lowest BCUT2D eigenvalue weighted by Crippen LogP contribution is -2.40. The molecular weight excluding hydrogens is 409 g/mol. The number of aliphatic hydroxyl groups excluding tert-OH is 2. The van der Waals surface area contributed by atoms with Crippen LogP contribution in [0.4, 0.5) is 4.39 Å². The summed E-state index contributed by atoms with van der Waals surface area (Å²) < 4.78 is 20.4. The second kappa shape index (κ2) is 8.32. The number of hydrogen-bond donors (Lipinski definition) is 4. The van der Waals surface area contributed by atoms with Gasteiger partial charge in [-0.3, -0.25) is 19.1 Å². The van der Waals surface area contributed by atoms with Crippen molar-refractivity contribution in [1.29, 1.82) is 0 Å². The first-order valence-electron chi connectivity index (χ1n) is 9.63. The third-order valence-electron chi connectivity index (χ3n) is 5.08. The number of ether oxygens (including phenoxy) is 1. The quantitative estimate of drug-likeness (QED) is 0.443. The zero-order valence-corrected chi connectivity index (χ0v) is 16.3. The predicted molar refractivity (Wildman–Crippen MR) is 108 cm³/mol. The van der Waals surface area contributed by atoms with E-state index in [1.165, 1.54) is 22.9 Å². The lowest BCUT2D eigenvalue weighted by Gasteiger charge is -2.28. The van der Waals surface area contributed by atoms with Crippen LogP contribution in [0.3, 0.4) is 0 Å². The molecule has 10 heteroatoms. The van der Waals surface area contributed by atoms with Crippen LogP contribution in [-0.2, 0) is 13.0 Å². The largest absolute Gasteiger partial charge is 0.505 e. The number of benzene rings is 1. The number of pyridine rings is 2. The highest BCUT2D eigenvalue weighted by Gasteiger charge is 2.31. The van der Waals surface area contributed by atoms with Crippen LogP contribution in [0.15, 0.2) is 35.3 Å². The summed E-state index contributed by atoms with van der Waals surface area (Å²) in [6.07, 6.45) is 1.01. The van der Waals surface area contributed by atoms with Crippen molar-refractivity contribution in [2.24, 2.45) is 0 Å². The molecule has 3 heterocycles. The molecule has 31 heavy (non-hydrogen) atoms. The van der Waals surface area contributed by atoms with Crippen molar-refractivity contribution in [3.05, 3.63) is 63.3 Å². The third-order valence-corrected chi connectivity index (χ3v) is 5.08. The number of aliphatic hydroxyl groups is 2. The number of carbonyl (C=O) groups excluding carboxylic acids is 1. The molecule has 1 atom stereocenters. The fraction of sp³-hybridized carbons (Fsp3) is 0.286. The minimum absolute atomic E-state index is 0.00277. The van der Waals surface area contributed by atoms with Crippen molar-refractivity contribution in [3.8, 4) is 11.5 Å². The summed E-state index contributed by atoms with van der Waals surface area (Å²) in [6, 6.07) is 5.87. The molecule has 3 aromatic rings. The van der Waals surface area contributed by atoms with Crippen molar-refractivity contribution in [1.82, 2.24) is 14.9 Å². The van der Waals surface area contributed by atoms with Crippen LogP contribution in [0.5, 0.6) is 11.5 Å². The number of halogens is 1. The molecule has 4 rings (SSSR count). The van der Waals surface area contributed by atoms with Gasteiger partial charge in [0.25, 0.3) is 11.5 Å². The Morgan fingerprint density at radius 3 is 2.71 bits per heavy atom. The van der Waals surface area contributed by atoms with Gasteiger partial charge in [0.15, 0.2) is 11.5 Å². The standard InChI is InChI=1S/C21H20FN3O6/c22-13-3-1-11(2-4-13)7-12-8-24-16-17-19(12)31-14(10-27)9-25(17)21(30)15(18(16)28)20(29)23-5-6-26/h1-4,8,14,26-28H,5-7,9-10H2,(H,23,29). The Morgan fingerprint density at radius 1 is 1.29 bits per heavy atom. The SMILES string of the molecule is O=C(NCCO)c1c(O)c2ncc(Cc3ccc(F)cc3)c3c2n(c1=O)CC(CO)O3. The molecule has 1 aliphatic rings. The predicted octanol–water partition coefficient (Wildman–Crippen LogP) is 0.307. The van der Waals surface area contributed by atoms with E-state index in [0.29, 0.717) is 12.0 Å². The maximum absolute atomic E-state index is 13.2. The van der Waals surface area contributed by atoms with E-state index in [0.717, 1.165) is 5.56 Å². The van der Waals surface area contributed by atoms with Gasteiger partial charge < -0.3 is 25.4 Å². The Hall–Kier alpha value is -3.50. The van der Waals surface area contributed by atoms with Gasteiger partial charge in [-0.25, -0.2) is 4.39 Å². The van der Waals surface area contributed by atoms with E-state index in [9.17, 15) is 24.2 Å². The molecule has 2 aromatic heterocycles. The molecule has 0 saturated heterocycles. The first-order chi connectivity index (χ1) is 14.9. The smallest absolute Gasteiger partial charge is 0.268 e. The number of nitrogens with one attached hydrogen (secondary N) is 1. The molecular formula is C21H20FN3O6.